The van der Waals surface area contributed by atoms with Crippen molar-refractivity contribution in [2.45, 2.75) is 58.4 Å². The van der Waals surface area contributed by atoms with E-state index in [4.69, 9.17) is 5.73 Å². The number of hydrogen-bond donors (Lipinski definition) is 1. The van der Waals surface area contributed by atoms with E-state index in [1.54, 1.807) is 0 Å². The van der Waals surface area contributed by atoms with Gasteiger partial charge in [-0.1, -0.05) is 48.6 Å². The first-order valence-electron chi connectivity index (χ1n) is 6.98. The highest BCUT2D eigenvalue weighted by Gasteiger charge is 2.20. The maximum absolute atomic E-state index is 6.30. The Morgan fingerprint density at radius 3 is 2.35 bits per heavy atom. The molecule has 1 aromatic rings. The van der Waals surface area contributed by atoms with Crippen molar-refractivity contribution in [3.05, 3.63) is 34.9 Å². The van der Waals surface area contributed by atoms with Crippen LogP contribution < -0.4 is 5.73 Å². The van der Waals surface area contributed by atoms with Crippen molar-refractivity contribution in [1.82, 2.24) is 0 Å². The minimum atomic E-state index is 0.415. The summed E-state index contributed by atoms with van der Waals surface area (Å²) in [4.78, 5) is 0. The van der Waals surface area contributed by atoms with Crippen LogP contribution in [0.3, 0.4) is 0 Å². The van der Waals surface area contributed by atoms with Crippen LogP contribution in [0.5, 0.6) is 0 Å². The minimum absolute atomic E-state index is 0.415. The Hall–Kier alpha value is -0.820. The third kappa shape index (κ3) is 3.57. The average molecular weight is 231 g/mol. The summed E-state index contributed by atoms with van der Waals surface area (Å²) in [5.41, 5.74) is 10.5. The average Bonchev–Trinajstić information content (AvgIpc) is 2.43. The van der Waals surface area contributed by atoms with E-state index in [9.17, 15) is 0 Å². The Labute approximate surface area is 105 Å². The van der Waals surface area contributed by atoms with Gasteiger partial charge in [0.15, 0.2) is 0 Å². The van der Waals surface area contributed by atoms with Crippen LogP contribution in [0.15, 0.2) is 18.2 Å². The predicted molar refractivity (Wildman–Crippen MR) is 74.2 cm³/mol. The monoisotopic (exact) mass is 231 g/mol. The molecular formula is C16H25N. The zero-order chi connectivity index (χ0) is 12.3. The molecule has 1 aliphatic rings. The molecule has 1 saturated carbocycles. The van der Waals surface area contributed by atoms with Gasteiger partial charge in [0.25, 0.3) is 0 Å². The molecule has 1 nitrogen and oxygen atoms in total. The van der Waals surface area contributed by atoms with Crippen molar-refractivity contribution < 1.29 is 0 Å². The molecule has 1 aromatic carbocycles. The normalized spacial score (nSPS) is 25.6. The molecule has 2 atom stereocenters. The maximum atomic E-state index is 6.30. The number of hydrogen-bond acceptors (Lipinski definition) is 1. The Morgan fingerprint density at radius 2 is 1.65 bits per heavy atom. The number of benzene rings is 1. The molecule has 94 valence electrons. The quantitative estimate of drug-likeness (QED) is 0.771. The molecule has 2 unspecified atom stereocenters. The van der Waals surface area contributed by atoms with Gasteiger partial charge in [0, 0.05) is 6.04 Å². The van der Waals surface area contributed by atoms with Gasteiger partial charge in [0.05, 0.1) is 0 Å². The van der Waals surface area contributed by atoms with Crippen molar-refractivity contribution in [2.24, 2.45) is 11.7 Å². The topological polar surface area (TPSA) is 26.0 Å². The summed E-state index contributed by atoms with van der Waals surface area (Å²) in [6.45, 7) is 4.37. The zero-order valence-electron chi connectivity index (χ0n) is 11.2. The molecular weight excluding hydrogens is 206 g/mol. The van der Waals surface area contributed by atoms with Crippen molar-refractivity contribution in [3.8, 4) is 0 Å². The highest BCUT2D eigenvalue weighted by Crippen LogP contribution is 2.26. The van der Waals surface area contributed by atoms with E-state index >= 15 is 0 Å². The van der Waals surface area contributed by atoms with Crippen LogP contribution in [0.2, 0.25) is 0 Å². The fourth-order valence-electron chi connectivity index (χ4n) is 3.16. The summed E-state index contributed by atoms with van der Waals surface area (Å²) in [5, 5.41) is 0. The molecule has 1 aliphatic carbocycles. The van der Waals surface area contributed by atoms with Crippen LogP contribution in [0.1, 0.15) is 48.8 Å². The van der Waals surface area contributed by atoms with E-state index in [1.165, 1.54) is 55.2 Å². The Bertz CT molecular complexity index is 350. The Kier molecular flexibility index (Phi) is 4.22. The lowest BCUT2D eigenvalue weighted by Crippen LogP contribution is -2.30. The molecule has 0 aliphatic heterocycles. The number of aryl methyl sites for hydroxylation is 2. The van der Waals surface area contributed by atoms with Crippen molar-refractivity contribution >= 4 is 0 Å². The SMILES string of the molecule is Cc1cc(C)cc(CC2CCCCCC2N)c1. The van der Waals surface area contributed by atoms with Crippen LogP contribution in [0.4, 0.5) is 0 Å². The number of nitrogens with two attached hydrogens (primary N) is 1. The first-order valence-corrected chi connectivity index (χ1v) is 6.98. The van der Waals surface area contributed by atoms with Crippen molar-refractivity contribution in [1.29, 1.82) is 0 Å². The van der Waals surface area contributed by atoms with Crippen molar-refractivity contribution in [2.75, 3.05) is 0 Å². The first kappa shape index (κ1) is 12.6. The van der Waals surface area contributed by atoms with Gasteiger partial charge in [-0.2, -0.15) is 0 Å². The summed E-state index contributed by atoms with van der Waals surface area (Å²) in [5.74, 6) is 0.693. The second kappa shape index (κ2) is 5.68. The third-order valence-corrected chi connectivity index (χ3v) is 4.00. The molecule has 2 rings (SSSR count). The third-order valence-electron chi connectivity index (χ3n) is 4.00. The smallest absolute Gasteiger partial charge is 0.00703 e. The largest absolute Gasteiger partial charge is 0.327 e. The molecule has 2 N–H and O–H groups in total. The maximum Gasteiger partial charge on any atom is 0.00703 e. The first-order chi connectivity index (χ1) is 8.15. The molecule has 0 heterocycles. The van der Waals surface area contributed by atoms with E-state index in [1.807, 2.05) is 0 Å². The molecule has 1 heteroatoms. The van der Waals surface area contributed by atoms with Gasteiger partial charge < -0.3 is 5.73 Å². The summed E-state index contributed by atoms with van der Waals surface area (Å²) >= 11 is 0. The molecule has 0 aromatic heterocycles. The van der Waals surface area contributed by atoms with E-state index in [2.05, 4.69) is 32.0 Å². The molecule has 0 bridgehead atoms. The lowest BCUT2D eigenvalue weighted by atomic mass is 9.88. The summed E-state index contributed by atoms with van der Waals surface area (Å²) < 4.78 is 0. The summed E-state index contributed by atoms with van der Waals surface area (Å²) in [7, 11) is 0. The van der Waals surface area contributed by atoms with E-state index < -0.39 is 0 Å². The van der Waals surface area contributed by atoms with Gasteiger partial charge in [-0.05, 0) is 44.6 Å². The van der Waals surface area contributed by atoms with Crippen LogP contribution in [0, 0.1) is 19.8 Å². The summed E-state index contributed by atoms with van der Waals surface area (Å²) in [6.07, 6.45) is 7.76. The zero-order valence-corrected chi connectivity index (χ0v) is 11.2. The molecule has 0 radical (unpaired) electrons. The van der Waals surface area contributed by atoms with Gasteiger partial charge in [0.1, 0.15) is 0 Å². The standard InChI is InChI=1S/C16H25N/c1-12-8-13(2)10-14(9-12)11-15-6-4-3-5-7-16(15)17/h8-10,15-16H,3-7,11,17H2,1-2H3. The van der Waals surface area contributed by atoms with Gasteiger partial charge in [0.2, 0.25) is 0 Å². The molecule has 1 fully saturated rings. The second-order valence-electron chi connectivity index (χ2n) is 5.76. The van der Waals surface area contributed by atoms with Gasteiger partial charge in [-0.15, -0.1) is 0 Å². The van der Waals surface area contributed by atoms with Crippen LogP contribution in [-0.2, 0) is 6.42 Å². The second-order valence-corrected chi connectivity index (χ2v) is 5.76. The summed E-state index contributed by atoms with van der Waals surface area (Å²) in [6, 6.07) is 7.31. The van der Waals surface area contributed by atoms with E-state index in [-0.39, 0.29) is 0 Å². The fraction of sp³-hybridized carbons (Fsp3) is 0.625. The van der Waals surface area contributed by atoms with Crippen LogP contribution in [0.25, 0.3) is 0 Å². The van der Waals surface area contributed by atoms with Gasteiger partial charge in [-0.3, -0.25) is 0 Å². The number of rotatable bonds is 2. The molecule has 0 saturated heterocycles. The molecule has 17 heavy (non-hydrogen) atoms. The van der Waals surface area contributed by atoms with Gasteiger partial charge in [-0.25, -0.2) is 0 Å². The Morgan fingerprint density at radius 1 is 1.00 bits per heavy atom. The van der Waals surface area contributed by atoms with Crippen LogP contribution in [-0.4, -0.2) is 6.04 Å². The molecule has 0 amide bonds. The predicted octanol–water partition coefficient (Wildman–Crippen LogP) is 3.75. The van der Waals surface area contributed by atoms with Crippen molar-refractivity contribution in [3.63, 3.8) is 0 Å². The lowest BCUT2D eigenvalue weighted by Gasteiger charge is -2.21. The Balaban J connectivity index is 2.07. The minimum Gasteiger partial charge on any atom is -0.327 e. The van der Waals surface area contributed by atoms with Crippen LogP contribution >= 0.6 is 0 Å². The van der Waals surface area contributed by atoms with E-state index in [0.29, 0.717) is 12.0 Å². The highest BCUT2D eigenvalue weighted by molar-refractivity contribution is 5.29. The fourth-order valence-corrected chi connectivity index (χ4v) is 3.16. The lowest BCUT2D eigenvalue weighted by molar-refractivity contribution is 0.395. The highest BCUT2D eigenvalue weighted by atomic mass is 14.6. The van der Waals surface area contributed by atoms with E-state index in [0.717, 1.165) is 0 Å². The van der Waals surface area contributed by atoms with Gasteiger partial charge >= 0.3 is 0 Å². The molecule has 0 spiro atoms.